The zero-order chi connectivity index (χ0) is 10.6. The molecule has 15 heavy (non-hydrogen) atoms. The van der Waals surface area contributed by atoms with E-state index in [0.29, 0.717) is 6.61 Å². The molecule has 1 unspecified atom stereocenters. The Labute approximate surface area is 139 Å². The van der Waals surface area contributed by atoms with E-state index in [4.69, 9.17) is 0 Å². The molecule has 0 radical (unpaired) electrons. The summed E-state index contributed by atoms with van der Waals surface area (Å²) in [6.45, 7) is 2.55. The second-order valence-electron chi connectivity index (χ2n) is 3.50. The van der Waals surface area contributed by atoms with Crippen molar-refractivity contribution >= 4 is 11.4 Å². The minimum Gasteiger partial charge on any atom is -0.750 e. The first kappa shape index (κ1) is 19.1. The van der Waals surface area contributed by atoms with E-state index >= 15 is 0 Å². The third kappa shape index (κ3) is 18.3. The van der Waals surface area contributed by atoms with Gasteiger partial charge in [-0.1, -0.05) is 51.9 Å². The van der Waals surface area contributed by atoms with Crippen molar-refractivity contribution in [3.63, 3.8) is 0 Å². The molecule has 0 aliphatic rings. The van der Waals surface area contributed by atoms with E-state index < -0.39 is 11.4 Å². The average molecular weight is 260 g/mol. The fraction of sp³-hybridized carbons (Fsp3) is 1.00. The van der Waals surface area contributed by atoms with Crippen molar-refractivity contribution < 1.29 is 64.3 Å². The van der Waals surface area contributed by atoms with Crippen molar-refractivity contribution in [3.8, 4) is 0 Å². The summed E-state index contributed by atoms with van der Waals surface area (Å²) in [6.07, 6.45) is 9.63. The number of unbranched alkanes of at least 4 members (excludes halogenated alkanes) is 7. The molecule has 0 spiro atoms. The van der Waals surface area contributed by atoms with Crippen LogP contribution in [0.3, 0.4) is 0 Å². The van der Waals surface area contributed by atoms with Crippen molar-refractivity contribution in [2.75, 3.05) is 6.61 Å². The number of hydrogen-bond donors (Lipinski definition) is 0. The van der Waals surface area contributed by atoms with E-state index in [1.165, 1.54) is 38.5 Å². The van der Waals surface area contributed by atoms with E-state index in [1.54, 1.807) is 0 Å². The van der Waals surface area contributed by atoms with E-state index in [9.17, 15) is 8.76 Å². The van der Waals surface area contributed by atoms with Crippen LogP contribution in [0.1, 0.15) is 58.3 Å². The van der Waals surface area contributed by atoms with Gasteiger partial charge < -0.3 is 8.74 Å². The molecule has 0 saturated carbocycles. The van der Waals surface area contributed by atoms with Gasteiger partial charge in [0.2, 0.25) is 0 Å². The smallest absolute Gasteiger partial charge is 0.750 e. The fourth-order valence-electron chi connectivity index (χ4n) is 1.36. The van der Waals surface area contributed by atoms with Gasteiger partial charge in [-0.05, 0) is 6.42 Å². The monoisotopic (exact) mass is 260 g/mol. The minimum absolute atomic E-state index is 0. The molecule has 0 aliphatic carbocycles. The van der Waals surface area contributed by atoms with Gasteiger partial charge in [-0.25, -0.2) is 4.21 Å². The van der Waals surface area contributed by atoms with Crippen molar-refractivity contribution in [2.45, 2.75) is 58.3 Å². The minimum atomic E-state index is -2.33. The van der Waals surface area contributed by atoms with Crippen molar-refractivity contribution in [3.05, 3.63) is 0 Å². The summed E-state index contributed by atoms with van der Waals surface area (Å²) >= 11 is -2.33. The number of hydrogen-bond acceptors (Lipinski definition) is 3. The molecule has 0 aromatic rings. The molecule has 0 heterocycles. The summed E-state index contributed by atoms with van der Waals surface area (Å²) in [5.41, 5.74) is 0. The van der Waals surface area contributed by atoms with Gasteiger partial charge in [-0.3, -0.25) is 0 Å². The largest absolute Gasteiger partial charge is 1.00 e. The molecule has 0 rings (SSSR count). The molecule has 0 fully saturated rings. The Kier molecular flexibility index (Phi) is 20.0. The maximum Gasteiger partial charge on any atom is 1.00 e. The van der Waals surface area contributed by atoms with Gasteiger partial charge >= 0.3 is 51.4 Å². The van der Waals surface area contributed by atoms with E-state index in [-0.39, 0.29) is 51.4 Å². The topological polar surface area (TPSA) is 49.4 Å². The van der Waals surface area contributed by atoms with Crippen LogP contribution < -0.4 is 51.4 Å². The molecule has 86 valence electrons. The molecule has 0 saturated heterocycles. The van der Waals surface area contributed by atoms with Crippen LogP contribution in [0.4, 0.5) is 0 Å². The molecule has 5 heteroatoms. The Balaban J connectivity index is 0. The Morgan fingerprint density at radius 1 is 1.00 bits per heavy atom. The second kappa shape index (κ2) is 15.7. The van der Waals surface area contributed by atoms with E-state index in [2.05, 4.69) is 11.1 Å². The summed E-state index contributed by atoms with van der Waals surface area (Å²) in [4.78, 5) is 0. The van der Waals surface area contributed by atoms with Gasteiger partial charge in [0.05, 0.1) is 18.0 Å². The molecule has 0 bridgehead atoms. The van der Waals surface area contributed by atoms with Crippen LogP contribution >= 0.6 is 0 Å². The maximum atomic E-state index is 9.98. The predicted molar refractivity (Wildman–Crippen MR) is 57.5 cm³/mol. The van der Waals surface area contributed by atoms with Crippen molar-refractivity contribution in [2.24, 2.45) is 0 Å². The average Bonchev–Trinajstić information content (AvgIpc) is 2.15. The van der Waals surface area contributed by atoms with Gasteiger partial charge in [0.25, 0.3) is 0 Å². The van der Waals surface area contributed by atoms with Gasteiger partial charge in [0.1, 0.15) is 0 Å². The summed E-state index contributed by atoms with van der Waals surface area (Å²) in [5.74, 6) is 0. The van der Waals surface area contributed by atoms with Crippen LogP contribution in [0.15, 0.2) is 0 Å². The first-order valence-electron chi connectivity index (χ1n) is 5.50. The Bertz CT molecular complexity index is 145. The number of rotatable bonds is 10. The molecule has 0 aromatic carbocycles. The third-order valence-electron chi connectivity index (χ3n) is 2.18. The molecule has 0 aromatic heterocycles. The molecular formula is C10H21KO3S. The van der Waals surface area contributed by atoms with Crippen LogP contribution in [0, 0.1) is 0 Å². The Hall–Kier alpha value is 1.71. The second-order valence-corrected chi connectivity index (χ2v) is 4.14. The van der Waals surface area contributed by atoms with Crippen molar-refractivity contribution in [1.29, 1.82) is 0 Å². The van der Waals surface area contributed by atoms with Gasteiger partial charge in [0.15, 0.2) is 0 Å². The van der Waals surface area contributed by atoms with Crippen LogP contribution in [-0.2, 0) is 15.5 Å². The van der Waals surface area contributed by atoms with Crippen LogP contribution in [-0.4, -0.2) is 15.4 Å². The summed E-state index contributed by atoms with van der Waals surface area (Å²) in [7, 11) is 0. The normalized spacial score (nSPS) is 12.1. The van der Waals surface area contributed by atoms with Crippen LogP contribution in [0.25, 0.3) is 0 Å². The summed E-state index contributed by atoms with van der Waals surface area (Å²) < 4.78 is 24.4. The summed E-state index contributed by atoms with van der Waals surface area (Å²) in [6, 6.07) is 0. The zero-order valence-electron chi connectivity index (χ0n) is 10.00. The Morgan fingerprint density at radius 2 is 1.47 bits per heavy atom. The first-order chi connectivity index (χ1) is 6.77. The van der Waals surface area contributed by atoms with E-state index in [1.807, 2.05) is 0 Å². The Morgan fingerprint density at radius 3 is 1.93 bits per heavy atom. The molecule has 1 atom stereocenters. The molecule has 3 nitrogen and oxygen atoms in total. The quantitative estimate of drug-likeness (QED) is 0.314. The maximum absolute atomic E-state index is 9.98. The third-order valence-corrected chi connectivity index (χ3v) is 2.54. The van der Waals surface area contributed by atoms with Gasteiger partial charge in [0, 0.05) is 0 Å². The summed E-state index contributed by atoms with van der Waals surface area (Å²) in [5, 5.41) is 0. The van der Waals surface area contributed by atoms with E-state index in [0.717, 1.165) is 12.8 Å². The standard InChI is InChI=1S/C10H22O3S.K/c1-2-3-4-5-6-7-8-9-10-13-14(11)12;/h2-10H2,1H3,(H,11,12);/q;+1/p-1. The van der Waals surface area contributed by atoms with Crippen molar-refractivity contribution in [1.82, 2.24) is 0 Å². The van der Waals surface area contributed by atoms with Gasteiger partial charge in [-0.15, -0.1) is 0 Å². The van der Waals surface area contributed by atoms with Crippen LogP contribution in [0.5, 0.6) is 0 Å². The molecule has 0 aliphatic heterocycles. The van der Waals surface area contributed by atoms with Crippen LogP contribution in [0.2, 0.25) is 0 Å². The predicted octanol–water partition coefficient (Wildman–Crippen LogP) is -0.0582. The molecule has 0 N–H and O–H groups in total. The fourth-order valence-corrected chi connectivity index (χ4v) is 1.62. The van der Waals surface area contributed by atoms with Gasteiger partial charge in [-0.2, -0.15) is 0 Å². The molecular weight excluding hydrogens is 239 g/mol. The first-order valence-corrected chi connectivity index (χ1v) is 6.50. The SMILES string of the molecule is CCCCCCCCCCOS(=O)[O-].[K+]. The zero-order valence-corrected chi connectivity index (χ0v) is 13.9. The molecule has 0 amide bonds.